The normalized spacial score (nSPS) is 21.0. The third kappa shape index (κ3) is 2.61. The second-order valence-corrected chi connectivity index (χ2v) is 8.02. The number of Topliss-reactive ketones (excluding diaryl/α,β-unsaturated/α-hetero) is 1. The van der Waals surface area contributed by atoms with Gasteiger partial charge in [0.25, 0.3) is 5.56 Å². The van der Waals surface area contributed by atoms with Crippen molar-refractivity contribution < 1.29 is 4.79 Å². The average molecular weight is 372 g/mol. The summed E-state index contributed by atoms with van der Waals surface area (Å²) in [6.45, 7) is 4.05. The summed E-state index contributed by atoms with van der Waals surface area (Å²) in [5.74, 6) is -0.294. The summed E-state index contributed by atoms with van der Waals surface area (Å²) in [6.07, 6.45) is 1.04. The number of anilines is 1. The molecule has 1 aliphatic heterocycles. The first-order valence-corrected chi connectivity index (χ1v) is 8.79. The van der Waals surface area contributed by atoms with Crippen molar-refractivity contribution in [2.75, 3.05) is 5.32 Å². The molecule has 1 atom stereocenters. The lowest BCUT2D eigenvalue weighted by Crippen LogP contribution is -2.39. The Balaban J connectivity index is 2.04. The molecule has 3 N–H and O–H groups in total. The lowest BCUT2D eigenvalue weighted by atomic mass is 9.69. The second-order valence-electron chi connectivity index (χ2n) is 7.61. The van der Waals surface area contributed by atoms with Crippen molar-refractivity contribution in [1.29, 1.82) is 0 Å². The lowest BCUT2D eigenvalue weighted by Gasteiger charge is -2.38. The molecule has 2 aromatic rings. The number of H-pyrrole nitrogens is 2. The summed E-state index contributed by atoms with van der Waals surface area (Å²) in [4.78, 5) is 42.3. The minimum Gasteiger partial charge on any atom is -0.344 e. The maximum atomic E-state index is 13.0. The highest BCUT2D eigenvalue weighted by Gasteiger charge is 2.42. The highest BCUT2D eigenvalue weighted by atomic mass is 35.5. The van der Waals surface area contributed by atoms with E-state index >= 15 is 0 Å². The Kier molecular flexibility index (Phi) is 3.70. The molecule has 0 bridgehead atoms. The van der Waals surface area contributed by atoms with E-state index in [2.05, 4.69) is 15.3 Å². The molecule has 2 aliphatic rings. The minimum atomic E-state index is -0.612. The number of aromatic nitrogens is 2. The van der Waals surface area contributed by atoms with Crippen molar-refractivity contribution in [2.24, 2.45) is 5.41 Å². The van der Waals surface area contributed by atoms with Crippen molar-refractivity contribution in [2.45, 2.75) is 32.6 Å². The van der Waals surface area contributed by atoms with Crippen LogP contribution in [0.25, 0.3) is 0 Å². The third-order valence-electron chi connectivity index (χ3n) is 4.97. The molecule has 1 aromatic carbocycles. The Hall–Kier alpha value is -2.60. The highest BCUT2D eigenvalue weighted by Crippen LogP contribution is 2.48. The van der Waals surface area contributed by atoms with Crippen molar-refractivity contribution in [3.63, 3.8) is 0 Å². The molecule has 7 heteroatoms. The van der Waals surface area contributed by atoms with Gasteiger partial charge in [0.2, 0.25) is 0 Å². The van der Waals surface area contributed by atoms with Crippen LogP contribution in [0.1, 0.15) is 43.7 Å². The van der Waals surface area contributed by atoms with E-state index in [1.165, 1.54) is 0 Å². The molecule has 0 amide bonds. The number of fused-ring (bicyclic) bond motifs is 1. The summed E-state index contributed by atoms with van der Waals surface area (Å²) in [5, 5.41) is 3.60. The molecule has 1 aromatic heterocycles. The number of nitrogens with one attached hydrogen (secondary N) is 3. The molecule has 6 nitrogen and oxygen atoms in total. The fourth-order valence-electron chi connectivity index (χ4n) is 3.97. The predicted octanol–water partition coefficient (Wildman–Crippen LogP) is 2.92. The lowest BCUT2D eigenvalue weighted by molar-refractivity contribution is -0.118. The van der Waals surface area contributed by atoms with Gasteiger partial charge in [0.15, 0.2) is 5.78 Å². The number of rotatable bonds is 1. The van der Waals surface area contributed by atoms with Gasteiger partial charge >= 0.3 is 5.69 Å². The van der Waals surface area contributed by atoms with Gasteiger partial charge in [-0.05, 0) is 23.5 Å². The molecule has 0 saturated heterocycles. The van der Waals surface area contributed by atoms with E-state index in [9.17, 15) is 14.4 Å². The van der Waals surface area contributed by atoms with Gasteiger partial charge in [0, 0.05) is 28.6 Å². The molecule has 0 fully saturated rings. The first-order chi connectivity index (χ1) is 12.3. The zero-order chi connectivity index (χ0) is 18.6. The smallest absolute Gasteiger partial charge is 0.327 e. The summed E-state index contributed by atoms with van der Waals surface area (Å²) in [5.41, 5.74) is 0.967. The number of carbonyl (C=O) groups excluding carboxylic acids is 1. The zero-order valence-electron chi connectivity index (χ0n) is 14.4. The fourth-order valence-corrected chi connectivity index (χ4v) is 4.21. The molecule has 0 spiro atoms. The van der Waals surface area contributed by atoms with E-state index < -0.39 is 17.2 Å². The molecule has 4 rings (SSSR count). The van der Waals surface area contributed by atoms with Gasteiger partial charge in [0.1, 0.15) is 5.82 Å². The minimum absolute atomic E-state index is 0.00933. The number of carbonyl (C=O) groups is 1. The second kappa shape index (κ2) is 5.71. The molecule has 0 unspecified atom stereocenters. The Morgan fingerprint density at radius 3 is 2.54 bits per heavy atom. The molecule has 0 saturated carbocycles. The van der Waals surface area contributed by atoms with Crippen molar-refractivity contribution in [3.8, 4) is 0 Å². The van der Waals surface area contributed by atoms with Gasteiger partial charge in [-0.15, -0.1) is 0 Å². The number of aromatic amines is 2. The topological polar surface area (TPSA) is 94.8 Å². The maximum Gasteiger partial charge on any atom is 0.327 e. The van der Waals surface area contributed by atoms with Crippen molar-refractivity contribution in [3.05, 3.63) is 72.5 Å². The van der Waals surface area contributed by atoms with Gasteiger partial charge in [-0.2, -0.15) is 0 Å². The van der Waals surface area contributed by atoms with Crippen LogP contribution in [0.3, 0.4) is 0 Å². The van der Waals surface area contributed by atoms with Gasteiger partial charge in [-0.3, -0.25) is 19.6 Å². The zero-order valence-corrected chi connectivity index (χ0v) is 15.2. The van der Waals surface area contributed by atoms with Crippen LogP contribution in [0, 0.1) is 5.41 Å². The van der Waals surface area contributed by atoms with E-state index in [-0.39, 0.29) is 11.2 Å². The van der Waals surface area contributed by atoms with Crippen LogP contribution < -0.4 is 16.6 Å². The quantitative estimate of drug-likeness (QED) is 0.718. The van der Waals surface area contributed by atoms with E-state index in [1.54, 1.807) is 12.1 Å². The Morgan fingerprint density at radius 1 is 1.08 bits per heavy atom. The summed E-state index contributed by atoms with van der Waals surface area (Å²) >= 11 is 6.40. The van der Waals surface area contributed by atoms with Gasteiger partial charge < -0.3 is 5.32 Å². The molecular weight excluding hydrogens is 354 g/mol. The molecule has 134 valence electrons. The van der Waals surface area contributed by atoms with Crippen LogP contribution in [0.5, 0.6) is 0 Å². The van der Waals surface area contributed by atoms with Crippen LogP contribution in [0.4, 0.5) is 5.82 Å². The number of hydrogen-bond acceptors (Lipinski definition) is 4. The molecule has 0 radical (unpaired) electrons. The average Bonchev–Trinajstić information content (AvgIpc) is 2.52. The number of benzene rings is 1. The maximum absolute atomic E-state index is 13.0. The number of halogens is 1. The molecular formula is C19H18ClN3O3. The SMILES string of the molecule is CC1(C)CC(=O)C2=C(C1)Nc1[nH]c(=O)[nH]c(=O)c1[C@H]2c1ccccc1Cl. The first-order valence-electron chi connectivity index (χ1n) is 8.41. The molecule has 26 heavy (non-hydrogen) atoms. The molecule has 1 aliphatic carbocycles. The largest absolute Gasteiger partial charge is 0.344 e. The number of allylic oxidation sites excluding steroid dienone is 2. The van der Waals surface area contributed by atoms with E-state index in [0.717, 1.165) is 5.70 Å². The van der Waals surface area contributed by atoms with Crippen molar-refractivity contribution >= 4 is 23.2 Å². The van der Waals surface area contributed by atoms with Crippen LogP contribution in [0.2, 0.25) is 5.02 Å². The Labute approximate surface area is 154 Å². The van der Waals surface area contributed by atoms with Crippen LogP contribution in [-0.4, -0.2) is 15.8 Å². The summed E-state index contributed by atoms with van der Waals surface area (Å²) in [7, 11) is 0. The van der Waals surface area contributed by atoms with E-state index in [1.807, 2.05) is 26.0 Å². The van der Waals surface area contributed by atoms with Gasteiger partial charge in [0.05, 0.1) is 5.56 Å². The first kappa shape index (κ1) is 16.8. The van der Waals surface area contributed by atoms with Crippen molar-refractivity contribution in [1.82, 2.24) is 9.97 Å². The highest BCUT2D eigenvalue weighted by molar-refractivity contribution is 6.31. The van der Waals surface area contributed by atoms with Crippen LogP contribution in [-0.2, 0) is 4.79 Å². The van der Waals surface area contributed by atoms with Gasteiger partial charge in [-0.25, -0.2) is 4.79 Å². The van der Waals surface area contributed by atoms with Gasteiger partial charge in [-0.1, -0.05) is 43.6 Å². The Morgan fingerprint density at radius 2 is 1.81 bits per heavy atom. The van der Waals surface area contributed by atoms with E-state index in [0.29, 0.717) is 40.4 Å². The fraction of sp³-hybridized carbons (Fsp3) is 0.316. The number of ketones is 1. The number of hydrogen-bond donors (Lipinski definition) is 3. The predicted molar refractivity (Wildman–Crippen MR) is 99.6 cm³/mol. The van der Waals surface area contributed by atoms with Crippen LogP contribution in [0.15, 0.2) is 45.1 Å². The van der Waals surface area contributed by atoms with E-state index in [4.69, 9.17) is 11.6 Å². The van der Waals surface area contributed by atoms with Crippen LogP contribution >= 0.6 is 11.6 Å². The standard InChI is InChI=1S/C19H18ClN3O3/c1-19(2)7-11-14(12(24)8-19)13(9-5-3-4-6-10(9)20)15-16(21-11)22-18(26)23-17(15)25/h3-6,13H,7-8H2,1-2H3,(H3,21,22,23,25,26)/t13-/m0/s1. The molecule has 2 heterocycles. The summed E-state index contributed by atoms with van der Waals surface area (Å²) < 4.78 is 0. The Bertz CT molecular complexity index is 1080. The third-order valence-corrected chi connectivity index (χ3v) is 5.31. The summed E-state index contributed by atoms with van der Waals surface area (Å²) in [6, 6.07) is 7.16. The monoisotopic (exact) mass is 371 g/mol.